The molecule has 0 radical (unpaired) electrons. The van der Waals surface area contributed by atoms with Crippen LogP contribution >= 0.6 is 0 Å². The van der Waals surface area contributed by atoms with Gasteiger partial charge >= 0.3 is 0 Å². The molecular formula is C19H36O11. The van der Waals surface area contributed by atoms with Crippen LogP contribution in [0.5, 0.6) is 0 Å². The van der Waals surface area contributed by atoms with Crippen molar-refractivity contribution in [2.45, 2.75) is 61.4 Å². The average Bonchev–Trinajstić information content (AvgIpc) is 3.07. The Morgan fingerprint density at radius 3 is 1.83 bits per heavy atom. The standard InChI is InChI=1S/C19H36O11/c1-21-9-11(22-2)13-15(24-4)17(26-6)19(30-13)29-12-10(8-20)28-18(27-7)16(25-5)14(12)23-3/h10-20H,8-9H2,1-7H3/t10-,11-,12-,13-,14+,15+,16-,17+,18+,19+/m1/s1/i13D. The lowest BCUT2D eigenvalue weighted by atomic mass is 9.98. The first-order valence-electron chi connectivity index (χ1n) is 10.2. The van der Waals surface area contributed by atoms with Gasteiger partial charge in [0.25, 0.3) is 0 Å². The Bertz CT molecular complexity index is 529. The second-order valence-electron chi connectivity index (χ2n) is 6.89. The maximum absolute atomic E-state index is 9.91. The Morgan fingerprint density at radius 1 is 0.767 bits per heavy atom. The van der Waals surface area contributed by atoms with E-state index in [1.54, 1.807) is 0 Å². The predicted octanol–water partition coefficient (Wildman–Crippen LogP) is -0.818. The summed E-state index contributed by atoms with van der Waals surface area (Å²) in [6.07, 6.45) is -8.86. The molecule has 2 aliphatic rings. The molecule has 10 atom stereocenters. The summed E-state index contributed by atoms with van der Waals surface area (Å²) in [6.45, 7) is -0.272. The van der Waals surface area contributed by atoms with Gasteiger partial charge in [-0.3, -0.25) is 0 Å². The van der Waals surface area contributed by atoms with E-state index in [2.05, 4.69) is 0 Å². The Morgan fingerprint density at radius 2 is 1.37 bits per heavy atom. The molecule has 1 N–H and O–H groups in total. The van der Waals surface area contributed by atoms with E-state index in [1.165, 1.54) is 49.8 Å². The quantitative estimate of drug-likeness (QED) is 0.410. The predicted molar refractivity (Wildman–Crippen MR) is 102 cm³/mol. The fourth-order valence-electron chi connectivity index (χ4n) is 3.89. The lowest BCUT2D eigenvalue weighted by molar-refractivity contribution is -0.333. The lowest BCUT2D eigenvalue weighted by Gasteiger charge is -2.45. The second-order valence-corrected chi connectivity index (χ2v) is 6.89. The molecule has 0 unspecified atom stereocenters. The van der Waals surface area contributed by atoms with Crippen molar-refractivity contribution in [3.63, 3.8) is 0 Å². The van der Waals surface area contributed by atoms with E-state index in [0.717, 1.165) is 0 Å². The smallest absolute Gasteiger partial charge is 0.187 e. The van der Waals surface area contributed by atoms with Gasteiger partial charge < -0.3 is 52.5 Å². The van der Waals surface area contributed by atoms with E-state index < -0.39 is 61.4 Å². The number of hydrogen-bond donors (Lipinski definition) is 1. The lowest BCUT2D eigenvalue weighted by Crippen LogP contribution is -2.62. The molecule has 0 aromatic carbocycles. The molecule has 0 aromatic heterocycles. The SMILES string of the molecule is [2H][C@]1([C@@H](COC)OC)O[C@H](O[C@H]2[C@H](OC)[C@@H](OC)[C@@H](OC)O[C@@H]2CO)[C@@H](OC)[C@H]1OC. The summed E-state index contributed by atoms with van der Waals surface area (Å²) in [5.74, 6) is 0. The first-order chi connectivity index (χ1) is 14.9. The third-order valence-electron chi connectivity index (χ3n) is 5.38. The number of rotatable bonds is 12. The normalized spacial score (nSPS) is 43.5. The van der Waals surface area contributed by atoms with Gasteiger partial charge in [-0.2, -0.15) is 0 Å². The van der Waals surface area contributed by atoms with Crippen LogP contribution in [-0.4, -0.2) is 129 Å². The van der Waals surface area contributed by atoms with Crippen molar-refractivity contribution in [3.8, 4) is 0 Å². The van der Waals surface area contributed by atoms with Crippen molar-refractivity contribution in [2.75, 3.05) is 63.0 Å². The number of aliphatic hydroxyl groups is 1. The minimum absolute atomic E-state index is 0.0940. The number of hydrogen-bond acceptors (Lipinski definition) is 11. The second kappa shape index (κ2) is 12.6. The van der Waals surface area contributed by atoms with E-state index in [-0.39, 0.29) is 13.2 Å². The molecule has 11 heteroatoms. The summed E-state index contributed by atoms with van der Waals surface area (Å²) in [5.41, 5.74) is 0. The zero-order valence-electron chi connectivity index (χ0n) is 19.6. The minimum atomic E-state index is -1.69. The van der Waals surface area contributed by atoms with E-state index >= 15 is 0 Å². The molecule has 0 aromatic rings. The van der Waals surface area contributed by atoms with E-state index in [4.69, 9.17) is 48.7 Å². The molecule has 2 heterocycles. The molecule has 178 valence electrons. The first kappa shape index (κ1) is 24.2. The first-order valence-corrected chi connectivity index (χ1v) is 9.65. The highest BCUT2D eigenvalue weighted by atomic mass is 16.8. The Hall–Kier alpha value is -0.440. The molecule has 2 rings (SSSR count). The molecule has 30 heavy (non-hydrogen) atoms. The molecule has 0 aliphatic carbocycles. The van der Waals surface area contributed by atoms with Gasteiger partial charge in [0, 0.05) is 49.8 Å². The molecule has 2 fully saturated rings. The van der Waals surface area contributed by atoms with Gasteiger partial charge in [0.05, 0.1) is 14.6 Å². The zero-order chi connectivity index (χ0) is 23.2. The van der Waals surface area contributed by atoms with Crippen molar-refractivity contribution in [2.24, 2.45) is 0 Å². The third kappa shape index (κ3) is 5.30. The van der Waals surface area contributed by atoms with Gasteiger partial charge in [-0.05, 0) is 0 Å². The highest BCUT2D eigenvalue weighted by Crippen LogP contribution is 2.34. The van der Waals surface area contributed by atoms with E-state index in [1.807, 2.05) is 0 Å². The van der Waals surface area contributed by atoms with Crippen LogP contribution in [0.15, 0.2) is 0 Å². The fourth-order valence-corrected chi connectivity index (χ4v) is 3.89. The summed E-state index contributed by atoms with van der Waals surface area (Å²) < 4.78 is 65.1. The summed E-state index contributed by atoms with van der Waals surface area (Å²) in [5, 5.41) is 9.91. The topological polar surface area (TPSA) is 113 Å². The Kier molecular flexibility index (Phi) is 10.1. The van der Waals surface area contributed by atoms with E-state index in [0.29, 0.717) is 0 Å². The van der Waals surface area contributed by atoms with Crippen molar-refractivity contribution in [1.82, 2.24) is 0 Å². The van der Waals surface area contributed by atoms with Crippen molar-refractivity contribution >= 4 is 0 Å². The van der Waals surface area contributed by atoms with Gasteiger partial charge in [-0.1, -0.05) is 0 Å². The van der Waals surface area contributed by atoms with Crippen molar-refractivity contribution < 1.29 is 53.8 Å². The van der Waals surface area contributed by atoms with Crippen LogP contribution in [0, 0.1) is 0 Å². The zero-order valence-corrected chi connectivity index (χ0v) is 18.6. The molecule has 0 saturated carbocycles. The molecule has 0 bridgehead atoms. The van der Waals surface area contributed by atoms with Crippen LogP contribution < -0.4 is 0 Å². The summed E-state index contributed by atoms with van der Waals surface area (Å²) in [7, 11) is 10.3. The monoisotopic (exact) mass is 441 g/mol. The molecule has 0 spiro atoms. The number of aliphatic hydroxyl groups excluding tert-OH is 1. The Labute approximate surface area is 179 Å². The maximum atomic E-state index is 9.91. The van der Waals surface area contributed by atoms with Crippen LogP contribution in [0.25, 0.3) is 0 Å². The molecule has 0 amide bonds. The highest BCUT2D eigenvalue weighted by Gasteiger charge is 2.54. The van der Waals surface area contributed by atoms with Crippen LogP contribution in [-0.2, 0) is 47.4 Å². The summed E-state index contributed by atoms with van der Waals surface area (Å²) >= 11 is 0. The fraction of sp³-hybridized carbons (Fsp3) is 1.00. The number of methoxy groups -OCH3 is 7. The van der Waals surface area contributed by atoms with Gasteiger partial charge in [-0.15, -0.1) is 0 Å². The summed E-state index contributed by atoms with van der Waals surface area (Å²) in [4.78, 5) is 0. The Balaban J connectivity index is 2.33. The average molecular weight is 441 g/mol. The van der Waals surface area contributed by atoms with Gasteiger partial charge in [-0.25, -0.2) is 0 Å². The van der Waals surface area contributed by atoms with Crippen LogP contribution in [0.1, 0.15) is 1.37 Å². The molecular weight excluding hydrogens is 404 g/mol. The molecule has 2 aliphatic heterocycles. The maximum Gasteiger partial charge on any atom is 0.187 e. The third-order valence-corrected chi connectivity index (χ3v) is 5.38. The van der Waals surface area contributed by atoms with Crippen LogP contribution in [0.3, 0.4) is 0 Å². The summed E-state index contributed by atoms with van der Waals surface area (Å²) in [6, 6.07) is 0. The van der Waals surface area contributed by atoms with Gasteiger partial charge in [0.1, 0.15) is 48.8 Å². The largest absolute Gasteiger partial charge is 0.394 e. The van der Waals surface area contributed by atoms with Gasteiger partial charge in [0.15, 0.2) is 12.6 Å². The molecule has 2 saturated heterocycles. The van der Waals surface area contributed by atoms with Gasteiger partial charge in [0.2, 0.25) is 0 Å². The minimum Gasteiger partial charge on any atom is -0.394 e. The van der Waals surface area contributed by atoms with Crippen LogP contribution in [0.4, 0.5) is 0 Å². The van der Waals surface area contributed by atoms with E-state index in [9.17, 15) is 5.11 Å². The number of ether oxygens (including phenoxy) is 10. The van der Waals surface area contributed by atoms with Crippen LogP contribution in [0.2, 0.25) is 0 Å². The highest BCUT2D eigenvalue weighted by molar-refractivity contribution is 4.97. The van der Waals surface area contributed by atoms with Crippen molar-refractivity contribution in [1.29, 1.82) is 0 Å². The molecule has 11 nitrogen and oxygen atoms in total. The van der Waals surface area contributed by atoms with Crippen molar-refractivity contribution in [3.05, 3.63) is 0 Å².